The van der Waals surface area contributed by atoms with Crippen LogP contribution in [0.15, 0.2) is 42.6 Å². The van der Waals surface area contributed by atoms with Gasteiger partial charge in [0, 0.05) is 12.3 Å². The molecule has 0 aliphatic heterocycles. The molecular weight excluding hydrogens is 190 g/mol. The molecule has 4 heteroatoms. The van der Waals surface area contributed by atoms with E-state index in [1.165, 1.54) is 0 Å². The van der Waals surface area contributed by atoms with Crippen LogP contribution in [0.4, 0.5) is 0 Å². The maximum absolute atomic E-state index is 8.69. The van der Waals surface area contributed by atoms with E-state index in [4.69, 9.17) is 10.00 Å². The van der Waals surface area contributed by atoms with E-state index in [-0.39, 0.29) is 0 Å². The Morgan fingerprint density at radius 2 is 2.13 bits per heavy atom. The van der Waals surface area contributed by atoms with Gasteiger partial charge < -0.3 is 4.74 Å². The van der Waals surface area contributed by atoms with E-state index in [2.05, 4.69) is 10.2 Å². The van der Waals surface area contributed by atoms with Crippen molar-refractivity contribution in [1.29, 1.82) is 5.26 Å². The van der Waals surface area contributed by atoms with Crippen molar-refractivity contribution >= 4 is 0 Å². The zero-order valence-corrected chi connectivity index (χ0v) is 7.79. The highest BCUT2D eigenvalue weighted by Gasteiger charge is 1.98. The summed E-state index contributed by atoms with van der Waals surface area (Å²) in [6.45, 7) is 0. The highest BCUT2D eigenvalue weighted by Crippen LogP contribution is 2.18. The standard InChI is InChI=1S/C11H7N3O/c12-8-9-3-1-4-10(7-9)15-11-5-2-6-13-14-11/h1-7H. The molecule has 0 spiro atoms. The second-order valence-electron chi connectivity index (χ2n) is 2.80. The highest BCUT2D eigenvalue weighted by molar-refractivity contribution is 5.37. The Labute approximate surface area is 86.8 Å². The summed E-state index contributed by atoms with van der Waals surface area (Å²) in [5.41, 5.74) is 0.552. The molecule has 2 rings (SSSR count). The van der Waals surface area contributed by atoms with Crippen LogP contribution >= 0.6 is 0 Å². The number of aromatic nitrogens is 2. The average Bonchev–Trinajstić information content (AvgIpc) is 2.31. The van der Waals surface area contributed by atoms with Crippen LogP contribution in [-0.2, 0) is 0 Å². The number of rotatable bonds is 2. The van der Waals surface area contributed by atoms with Crippen LogP contribution in [0.1, 0.15) is 5.56 Å². The average molecular weight is 197 g/mol. The summed E-state index contributed by atoms with van der Waals surface area (Å²) >= 11 is 0. The van der Waals surface area contributed by atoms with Gasteiger partial charge in [0.1, 0.15) is 5.75 Å². The van der Waals surface area contributed by atoms with Crippen LogP contribution in [0.2, 0.25) is 0 Å². The normalized spacial score (nSPS) is 9.27. The Balaban J connectivity index is 2.22. The van der Waals surface area contributed by atoms with Gasteiger partial charge in [0.15, 0.2) is 0 Å². The molecule has 4 nitrogen and oxygen atoms in total. The molecule has 15 heavy (non-hydrogen) atoms. The first kappa shape index (κ1) is 9.16. The number of nitrogens with zero attached hydrogens (tertiary/aromatic N) is 3. The molecule has 1 aromatic heterocycles. The monoisotopic (exact) mass is 197 g/mol. The number of nitriles is 1. The summed E-state index contributed by atoms with van der Waals surface area (Å²) in [7, 11) is 0. The van der Waals surface area contributed by atoms with Gasteiger partial charge in [-0.05, 0) is 24.3 Å². The minimum Gasteiger partial charge on any atom is -0.437 e. The topological polar surface area (TPSA) is 58.8 Å². The van der Waals surface area contributed by atoms with E-state index in [0.29, 0.717) is 17.2 Å². The van der Waals surface area contributed by atoms with Crippen molar-refractivity contribution < 1.29 is 4.74 Å². The molecule has 2 aromatic rings. The summed E-state index contributed by atoms with van der Waals surface area (Å²) in [5, 5.41) is 16.2. The predicted octanol–water partition coefficient (Wildman–Crippen LogP) is 2.14. The molecule has 0 fully saturated rings. The molecule has 1 aromatic carbocycles. The molecule has 0 aliphatic rings. The highest BCUT2D eigenvalue weighted by atomic mass is 16.5. The summed E-state index contributed by atoms with van der Waals surface area (Å²) in [6, 6.07) is 12.3. The van der Waals surface area contributed by atoms with Crippen LogP contribution in [0.25, 0.3) is 0 Å². The van der Waals surface area contributed by atoms with Gasteiger partial charge in [-0.2, -0.15) is 10.4 Å². The van der Waals surface area contributed by atoms with Crippen molar-refractivity contribution in [2.24, 2.45) is 0 Å². The van der Waals surface area contributed by atoms with Crippen molar-refractivity contribution in [3.05, 3.63) is 48.2 Å². The molecule has 0 amide bonds. The second kappa shape index (κ2) is 4.20. The maximum atomic E-state index is 8.69. The Morgan fingerprint density at radius 3 is 2.87 bits per heavy atom. The number of benzene rings is 1. The lowest BCUT2D eigenvalue weighted by Gasteiger charge is -2.02. The minimum absolute atomic E-state index is 0.410. The van der Waals surface area contributed by atoms with Crippen LogP contribution in [0, 0.1) is 11.3 Å². The van der Waals surface area contributed by atoms with Crippen LogP contribution < -0.4 is 4.74 Å². The smallest absolute Gasteiger partial charge is 0.238 e. The molecule has 0 unspecified atom stereocenters. The van der Waals surface area contributed by atoms with Crippen LogP contribution in [0.5, 0.6) is 11.6 Å². The summed E-state index contributed by atoms with van der Waals surface area (Å²) in [5.74, 6) is 0.988. The van der Waals surface area contributed by atoms with Crippen LogP contribution in [-0.4, -0.2) is 10.2 Å². The first-order chi connectivity index (χ1) is 7.38. The van der Waals surface area contributed by atoms with E-state index >= 15 is 0 Å². The fourth-order valence-corrected chi connectivity index (χ4v) is 1.09. The van der Waals surface area contributed by atoms with Gasteiger partial charge in [-0.25, -0.2) is 0 Å². The third-order valence-corrected chi connectivity index (χ3v) is 1.73. The molecule has 0 N–H and O–H groups in total. The Bertz CT molecular complexity index is 491. The lowest BCUT2D eigenvalue weighted by Crippen LogP contribution is -1.89. The van der Waals surface area contributed by atoms with Gasteiger partial charge in [0.05, 0.1) is 11.6 Å². The Hall–Kier alpha value is -2.41. The first-order valence-electron chi connectivity index (χ1n) is 4.34. The second-order valence-corrected chi connectivity index (χ2v) is 2.80. The molecule has 0 radical (unpaired) electrons. The maximum Gasteiger partial charge on any atom is 0.238 e. The number of hydrogen-bond donors (Lipinski definition) is 0. The van der Waals surface area contributed by atoms with E-state index in [0.717, 1.165) is 0 Å². The van der Waals surface area contributed by atoms with Gasteiger partial charge in [-0.1, -0.05) is 6.07 Å². The van der Waals surface area contributed by atoms with E-state index in [1.54, 1.807) is 42.6 Å². The molecule has 0 bridgehead atoms. The minimum atomic E-state index is 0.410. The third kappa shape index (κ3) is 2.29. The lowest BCUT2D eigenvalue weighted by molar-refractivity contribution is 0.455. The number of hydrogen-bond acceptors (Lipinski definition) is 4. The molecule has 0 aliphatic carbocycles. The first-order valence-corrected chi connectivity index (χ1v) is 4.34. The SMILES string of the molecule is N#Cc1cccc(Oc2cccnn2)c1. The van der Waals surface area contributed by atoms with Gasteiger partial charge >= 0.3 is 0 Å². The van der Waals surface area contributed by atoms with Crippen molar-refractivity contribution in [1.82, 2.24) is 10.2 Å². The van der Waals surface area contributed by atoms with Gasteiger partial charge in [0.2, 0.25) is 5.88 Å². The summed E-state index contributed by atoms with van der Waals surface area (Å²) < 4.78 is 5.40. The van der Waals surface area contributed by atoms with E-state index < -0.39 is 0 Å². The predicted molar refractivity (Wildman–Crippen MR) is 53.3 cm³/mol. The quantitative estimate of drug-likeness (QED) is 0.740. The third-order valence-electron chi connectivity index (χ3n) is 1.73. The molecule has 72 valence electrons. The van der Waals surface area contributed by atoms with Crippen LogP contribution in [0.3, 0.4) is 0 Å². The number of ether oxygens (including phenoxy) is 1. The van der Waals surface area contributed by atoms with E-state index in [9.17, 15) is 0 Å². The Kier molecular flexibility index (Phi) is 2.56. The molecule has 1 heterocycles. The largest absolute Gasteiger partial charge is 0.437 e. The fourth-order valence-electron chi connectivity index (χ4n) is 1.09. The van der Waals surface area contributed by atoms with Crippen molar-refractivity contribution in [2.75, 3.05) is 0 Å². The molecule has 0 atom stereocenters. The van der Waals surface area contributed by atoms with Crippen molar-refractivity contribution in [2.45, 2.75) is 0 Å². The zero-order chi connectivity index (χ0) is 10.5. The summed E-state index contributed by atoms with van der Waals surface area (Å²) in [4.78, 5) is 0. The lowest BCUT2D eigenvalue weighted by atomic mass is 10.2. The molecule has 0 saturated heterocycles. The van der Waals surface area contributed by atoms with Gasteiger partial charge in [0.25, 0.3) is 0 Å². The Morgan fingerprint density at radius 1 is 1.20 bits per heavy atom. The fraction of sp³-hybridized carbons (Fsp3) is 0. The van der Waals surface area contributed by atoms with Gasteiger partial charge in [-0.3, -0.25) is 0 Å². The zero-order valence-electron chi connectivity index (χ0n) is 7.79. The van der Waals surface area contributed by atoms with Crippen molar-refractivity contribution in [3.63, 3.8) is 0 Å². The van der Waals surface area contributed by atoms with E-state index in [1.807, 2.05) is 6.07 Å². The molecular formula is C11H7N3O. The molecule has 0 saturated carbocycles. The van der Waals surface area contributed by atoms with Gasteiger partial charge in [-0.15, -0.1) is 5.10 Å². The van der Waals surface area contributed by atoms with Crippen molar-refractivity contribution in [3.8, 4) is 17.7 Å². The summed E-state index contributed by atoms with van der Waals surface area (Å²) in [6.07, 6.45) is 1.57.